The van der Waals surface area contributed by atoms with Crippen LogP contribution >= 0.6 is 23.1 Å². The second-order valence-electron chi connectivity index (χ2n) is 7.81. The van der Waals surface area contributed by atoms with Gasteiger partial charge in [-0.1, -0.05) is 25.6 Å². The molecule has 0 radical (unpaired) electrons. The van der Waals surface area contributed by atoms with Gasteiger partial charge >= 0.3 is 0 Å². The van der Waals surface area contributed by atoms with E-state index in [1.54, 1.807) is 15.9 Å². The van der Waals surface area contributed by atoms with Gasteiger partial charge in [0.05, 0.1) is 16.7 Å². The summed E-state index contributed by atoms with van der Waals surface area (Å²) in [5.74, 6) is 0.254. The second kappa shape index (κ2) is 8.97. The van der Waals surface area contributed by atoms with E-state index in [0.29, 0.717) is 29.6 Å². The zero-order chi connectivity index (χ0) is 20.4. The van der Waals surface area contributed by atoms with E-state index in [-0.39, 0.29) is 22.8 Å². The van der Waals surface area contributed by atoms with Crippen molar-refractivity contribution in [2.75, 3.05) is 13.2 Å². The Balaban J connectivity index is 1.83. The third-order valence-electron chi connectivity index (χ3n) is 4.98. The van der Waals surface area contributed by atoms with Crippen LogP contribution in [0.25, 0.3) is 10.2 Å². The van der Waals surface area contributed by atoms with Crippen LogP contribution in [0.5, 0.6) is 0 Å². The lowest BCUT2D eigenvalue weighted by Gasteiger charge is -2.18. The molecule has 3 rings (SSSR count). The van der Waals surface area contributed by atoms with Crippen LogP contribution in [0.4, 0.5) is 0 Å². The van der Waals surface area contributed by atoms with Crippen molar-refractivity contribution in [2.24, 2.45) is 5.92 Å². The van der Waals surface area contributed by atoms with Crippen molar-refractivity contribution in [3.05, 3.63) is 20.8 Å². The second-order valence-corrected chi connectivity index (χ2v) is 10.3. The van der Waals surface area contributed by atoms with Crippen LogP contribution in [0.1, 0.15) is 44.1 Å². The van der Waals surface area contributed by atoms with E-state index < -0.39 is 0 Å². The number of amides is 1. The summed E-state index contributed by atoms with van der Waals surface area (Å²) in [5, 5.41) is 3.96. The number of carbonyl (C=O) groups is 1. The molecule has 0 unspecified atom stereocenters. The lowest BCUT2D eigenvalue weighted by Crippen LogP contribution is -2.37. The number of carbonyl (C=O) groups excluding carboxylic acids is 1. The smallest absolute Gasteiger partial charge is 0.263 e. The molecule has 8 heteroatoms. The van der Waals surface area contributed by atoms with Crippen LogP contribution in [0, 0.1) is 19.8 Å². The summed E-state index contributed by atoms with van der Waals surface area (Å²) in [7, 11) is 0. The Morgan fingerprint density at radius 2 is 2.14 bits per heavy atom. The number of hydrogen-bond acceptors (Lipinski definition) is 6. The molecule has 28 heavy (non-hydrogen) atoms. The number of nitrogens with zero attached hydrogens (tertiary/aromatic N) is 2. The topological polar surface area (TPSA) is 73.2 Å². The van der Waals surface area contributed by atoms with E-state index in [9.17, 15) is 9.59 Å². The predicted molar refractivity (Wildman–Crippen MR) is 115 cm³/mol. The number of aromatic nitrogens is 2. The van der Waals surface area contributed by atoms with Gasteiger partial charge in [-0.05, 0) is 45.1 Å². The number of aryl methyl sites for hydroxylation is 2. The van der Waals surface area contributed by atoms with Crippen molar-refractivity contribution >= 4 is 39.2 Å². The van der Waals surface area contributed by atoms with Gasteiger partial charge in [0.15, 0.2) is 5.16 Å². The molecule has 0 aromatic carbocycles. The van der Waals surface area contributed by atoms with Gasteiger partial charge in [-0.15, -0.1) is 11.3 Å². The lowest BCUT2D eigenvalue weighted by atomic mass is 10.2. The first-order valence-electron chi connectivity index (χ1n) is 9.84. The van der Waals surface area contributed by atoms with Crippen LogP contribution in [0.2, 0.25) is 0 Å². The number of hydrogen-bond donors (Lipinski definition) is 1. The molecule has 1 fully saturated rings. The number of ether oxygens (including phenoxy) is 1. The highest BCUT2D eigenvalue weighted by molar-refractivity contribution is 8.00. The molecular formula is C20H29N3O3S2. The highest BCUT2D eigenvalue weighted by Gasteiger charge is 2.23. The lowest BCUT2D eigenvalue weighted by molar-refractivity contribution is -0.120. The molecule has 1 amide bonds. The fourth-order valence-corrected chi connectivity index (χ4v) is 5.31. The molecule has 0 spiro atoms. The van der Waals surface area contributed by atoms with Crippen LogP contribution in [-0.2, 0) is 16.1 Å². The van der Waals surface area contributed by atoms with E-state index in [1.165, 1.54) is 11.8 Å². The molecule has 6 nitrogen and oxygen atoms in total. The first kappa shape index (κ1) is 21.3. The van der Waals surface area contributed by atoms with E-state index in [1.807, 2.05) is 20.8 Å². The molecule has 2 aromatic rings. The van der Waals surface area contributed by atoms with Gasteiger partial charge in [-0.2, -0.15) is 0 Å². The van der Waals surface area contributed by atoms with Crippen LogP contribution in [0.15, 0.2) is 9.95 Å². The Hall–Kier alpha value is -1.38. The number of thiophene rings is 1. The summed E-state index contributed by atoms with van der Waals surface area (Å²) in [6, 6.07) is 0. The van der Waals surface area contributed by atoms with Crippen molar-refractivity contribution in [1.29, 1.82) is 0 Å². The molecule has 0 aliphatic carbocycles. The Morgan fingerprint density at radius 3 is 2.79 bits per heavy atom. The number of rotatable bonds is 7. The summed E-state index contributed by atoms with van der Waals surface area (Å²) < 4.78 is 7.30. The quantitative estimate of drug-likeness (QED) is 0.545. The molecule has 154 valence electrons. The van der Waals surface area contributed by atoms with E-state index in [4.69, 9.17) is 9.72 Å². The minimum Gasteiger partial charge on any atom is -0.376 e. The van der Waals surface area contributed by atoms with Gasteiger partial charge in [-0.25, -0.2) is 4.98 Å². The molecule has 1 N–H and O–H groups in total. The molecule has 0 saturated carbocycles. The molecule has 1 aliphatic rings. The molecule has 1 aliphatic heterocycles. The average Bonchev–Trinajstić information content (AvgIpc) is 3.24. The van der Waals surface area contributed by atoms with Crippen molar-refractivity contribution in [3.63, 3.8) is 0 Å². The largest absolute Gasteiger partial charge is 0.376 e. The molecule has 3 heterocycles. The first-order valence-corrected chi connectivity index (χ1v) is 11.5. The Labute approximate surface area is 174 Å². The average molecular weight is 424 g/mol. The molecule has 0 bridgehead atoms. The number of nitrogens with one attached hydrogen (secondary N) is 1. The summed E-state index contributed by atoms with van der Waals surface area (Å²) in [5.41, 5.74) is 1.00. The van der Waals surface area contributed by atoms with Gasteiger partial charge in [0.25, 0.3) is 5.56 Å². The summed E-state index contributed by atoms with van der Waals surface area (Å²) in [6.07, 6.45) is 2.16. The van der Waals surface area contributed by atoms with Crippen LogP contribution in [0.3, 0.4) is 0 Å². The SMILES string of the molecule is Cc1sc2nc(S[C@@H](C)C(=O)NC[C@H]3CCCO3)n(CC(C)C)c(=O)c2c1C. The van der Waals surface area contributed by atoms with Gasteiger partial charge in [0, 0.05) is 24.6 Å². The monoisotopic (exact) mass is 423 g/mol. The van der Waals surface area contributed by atoms with E-state index in [0.717, 1.165) is 34.7 Å². The standard InChI is InChI=1S/C20H29N3O3S2/c1-11(2)10-23-19(25)16-12(3)13(4)27-18(16)22-20(23)28-14(5)17(24)21-9-15-7-6-8-26-15/h11,14-15H,6-10H2,1-5H3,(H,21,24)/t14-,15+/m0/s1. The fourth-order valence-electron chi connectivity index (χ4n) is 3.30. The maximum Gasteiger partial charge on any atom is 0.263 e. The van der Waals surface area contributed by atoms with Crippen molar-refractivity contribution < 1.29 is 9.53 Å². The highest BCUT2D eigenvalue weighted by atomic mass is 32.2. The molecule has 2 atom stereocenters. The summed E-state index contributed by atoms with van der Waals surface area (Å²) in [4.78, 5) is 32.4. The first-order chi connectivity index (χ1) is 13.3. The van der Waals surface area contributed by atoms with Crippen LogP contribution < -0.4 is 10.9 Å². The van der Waals surface area contributed by atoms with Crippen molar-refractivity contribution in [1.82, 2.24) is 14.9 Å². The minimum atomic E-state index is -0.341. The maximum absolute atomic E-state index is 13.2. The molecule has 1 saturated heterocycles. The fraction of sp³-hybridized carbons (Fsp3) is 0.650. The van der Waals surface area contributed by atoms with Gasteiger partial charge in [-0.3, -0.25) is 14.2 Å². The van der Waals surface area contributed by atoms with Crippen LogP contribution in [-0.4, -0.2) is 40.0 Å². The summed E-state index contributed by atoms with van der Waals surface area (Å²) >= 11 is 2.89. The zero-order valence-corrected chi connectivity index (χ0v) is 18.8. The predicted octanol–water partition coefficient (Wildman–Crippen LogP) is 3.51. The number of fused-ring (bicyclic) bond motifs is 1. The third kappa shape index (κ3) is 4.60. The Morgan fingerprint density at radius 1 is 1.39 bits per heavy atom. The molecular weight excluding hydrogens is 394 g/mol. The molecule has 2 aromatic heterocycles. The van der Waals surface area contributed by atoms with Gasteiger partial charge in [0.2, 0.25) is 5.91 Å². The Kier molecular flexibility index (Phi) is 6.83. The minimum absolute atomic E-state index is 0.00462. The normalized spacial score (nSPS) is 18.1. The number of thioether (sulfide) groups is 1. The third-order valence-corrected chi connectivity index (χ3v) is 7.17. The zero-order valence-electron chi connectivity index (χ0n) is 17.2. The van der Waals surface area contributed by atoms with E-state index in [2.05, 4.69) is 19.2 Å². The maximum atomic E-state index is 13.2. The summed E-state index contributed by atoms with van der Waals surface area (Å²) in [6.45, 7) is 11.9. The van der Waals surface area contributed by atoms with Gasteiger partial charge < -0.3 is 10.1 Å². The van der Waals surface area contributed by atoms with E-state index >= 15 is 0 Å². The van der Waals surface area contributed by atoms with Gasteiger partial charge in [0.1, 0.15) is 4.83 Å². The van der Waals surface area contributed by atoms with Crippen molar-refractivity contribution in [2.45, 2.75) is 70.5 Å². The van der Waals surface area contributed by atoms with Crippen molar-refractivity contribution in [3.8, 4) is 0 Å². The highest BCUT2D eigenvalue weighted by Crippen LogP contribution is 2.30. The Bertz CT molecular complexity index is 914.